The molecule has 0 spiro atoms. The number of carbonyl (C=O) groups excluding carboxylic acids is 1. The van der Waals surface area contributed by atoms with E-state index in [9.17, 15) is 4.79 Å². The summed E-state index contributed by atoms with van der Waals surface area (Å²) in [5.74, 6) is 0.628. The predicted octanol–water partition coefficient (Wildman–Crippen LogP) is 3.26. The molecule has 1 fully saturated rings. The number of amides is 1. The summed E-state index contributed by atoms with van der Waals surface area (Å²) in [5.41, 5.74) is 0.711. The zero-order valence-electron chi connectivity index (χ0n) is 10.6. The van der Waals surface area contributed by atoms with Gasteiger partial charge in [0.1, 0.15) is 11.5 Å². The largest absolute Gasteiger partial charge is 0.339 e. The third-order valence-electron chi connectivity index (χ3n) is 3.27. The van der Waals surface area contributed by atoms with E-state index in [0.29, 0.717) is 17.6 Å². The number of nitrogens with zero attached hydrogens (tertiary/aromatic N) is 3. The average molecular weight is 320 g/mol. The van der Waals surface area contributed by atoms with Gasteiger partial charge in [-0.05, 0) is 47.0 Å². The highest BCUT2D eigenvalue weighted by atomic mass is 79.9. The van der Waals surface area contributed by atoms with Crippen molar-refractivity contribution in [3.8, 4) is 0 Å². The van der Waals surface area contributed by atoms with Gasteiger partial charge in [-0.2, -0.15) is 0 Å². The molecule has 0 N–H and O–H groups in total. The molecule has 1 aliphatic rings. The zero-order chi connectivity index (χ0) is 13.4. The molecule has 2 heterocycles. The van der Waals surface area contributed by atoms with Gasteiger partial charge in [0.25, 0.3) is 5.91 Å². The van der Waals surface area contributed by atoms with Crippen molar-refractivity contribution in [1.82, 2.24) is 9.55 Å². The maximum absolute atomic E-state index is 12.6. The number of anilines is 1. The van der Waals surface area contributed by atoms with Crippen LogP contribution in [0, 0.1) is 0 Å². The van der Waals surface area contributed by atoms with Crippen LogP contribution in [0.5, 0.6) is 0 Å². The van der Waals surface area contributed by atoms with E-state index in [0.717, 1.165) is 17.3 Å². The molecule has 0 aromatic carbocycles. The lowest BCUT2D eigenvalue weighted by atomic mass is 10.3. The fourth-order valence-electron chi connectivity index (χ4n) is 2.10. The first kappa shape index (κ1) is 12.4. The van der Waals surface area contributed by atoms with Gasteiger partial charge in [-0.25, -0.2) is 4.98 Å². The zero-order valence-corrected chi connectivity index (χ0v) is 12.2. The highest BCUT2D eigenvalue weighted by Gasteiger charge is 2.29. The Morgan fingerprint density at radius 2 is 2.26 bits per heavy atom. The molecule has 1 aliphatic carbocycles. The van der Waals surface area contributed by atoms with Gasteiger partial charge in [0.15, 0.2) is 0 Å². The van der Waals surface area contributed by atoms with Crippen LogP contribution in [0.15, 0.2) is 41.1 Å². The molecule has 0 saturated heterocycles. The van der Waals surface area contributed by atoms with E-state index in [-0.39, 0.29) is 5.91 Å². The van der Waals surface area contributed by atoms with Crippen LogP contribution in [0.4, 0.5) is 5.82 Å². The average Bonchev–Trinajstić information content (AvgIpc) is 3.21. The summed E-state index contributed by atoms with van der Waals surface area (Å²) >= 11 is 3.45. The maximum atomic E-state index is 12.6. The molecule has 4 nitrogen and oxygen atoms in total. The minimum absolute atomic E-state index is 0.0312. The number of pyridine rings is 1. The van der Waals surface area contributed by atoms with E-state index >= 15 is 0 Å². The first-order valence-corrected chi connectivity index (χ1v) is 7.02. The van der Waals surface area contributed by atoms with Crippen LogP contribution in [0.2, 0.25) is 0 Å². The van der Waals surface area contributed by atoms with Crippen molar-refractivity contribution in [2.24, 2.45) is 0 Å². The fraction of sp³-hybridized carbons (Fsp3) is 0.286. The third kappa shape index (κ3) is 2.42. The second kappa shape index (κ2) is 4.81. The number of halogens is 1. The van der Waals surface area contributed by atoms with Crippen molar-refractivity contribution in [3.63, 3.8) is 0 Å². The number of carbonyl (C=O) groups is 1. The summed E-state index contributed by atoms with van der Waals surface area (Å²) in [7, 11) is 1.75. The number of aromatic nitrogens is 2. The van der Waals surface area contributed by atoms with Crippen molar-refractivity contribution in [1.29, 1.82) is 0 Å². The number of hydrogen-bond acceptors (Lipinski definition) is 2. The Labute approximate surface area is 120 Å². The standard InChI is InChI=1S/C14H14BrN3O/c1-17(13-4-2-3-7-16-13)14(19)12-8-10(15)9-18(12)11-5-6-11/h2-4,7-9,11H,5-6H2,1H3. The van der Waals surface area contributed by atoms with Crippen LogP contribution < -0.4 is 4.90 Å². The molecule has 98 valence electrons. The molecule has 0 atom stereocenters. The SMILES string of the molecule is CN(C(=O)c1cc(Br)cn1C1CC1)c1ccccn1. The van der Waals surface area contributed by atoms with E-state index in [1.807, 2.05) is 30.5 Å². The molecule has 19 heavy (non-hydrogen) atoms. The first-order valence-electron chi connectivity index (χ1n) is 6.23. The lowest BCUT2D eigenvalue weighted by Gasteiger charge is -2.17. The fourth-order valence-corrected chi connectivity index (χ4v) is 2.54. The molecule has 2 aromatic rings. The molecular weight excluding hydrogens is 306 g/mol. The van der Waals surface area contributed by atoms with E-state index in [1.165, 1.54) is 0 Å². The lowest BCUT2D eigenvalue weighted by molar-refractivity contribution is 0.0983. The van der Waals surface area contributed by atoms with E-state index in [2.05, 4.69) is 25.5 Å². The normalized spacial score (nSPS) is 14.4. The summed E-state index contributed by atoms with van der Waals surface area (Å²) in [6.45, 7) is 0. The Morgan fingerprint density at radius 1 is 1.47 bits per heavy atom. The maximum Gasteiger partial charge on any atom is 0.275 e. The molecule has 0 radical (unpaired) electrons. The molecule has 0 aliphatic heterocycles. The Hall–Kier alpha value is -1.62. The summed E-state index contributed by atoms with van der Waals surface area (Å²) < 4.78 is 3.00. The number of rotatable bonds is 3. The Kier molecular flexibility index (Phi) is 3.14. The lowest BCUT2D eigenvalue weighted by Crippen LogP contribution is -2.28. The number of hydrogen-bond donors (Lipinski definition) is 0. The van der Waals surface area contributed by atoms with E-state index in [4.69, 9.17) is 0 Å². The summed E-state index contributed by atoms with van der Waals surface area (Å²) in [4.78, 5) is 18.3. The van der Waals surface area contributed by atoms with E-state index < -0.39 is 0 Å². The van der Waals surface area contributed by atoms with Crippen molar-refractivity contribution in [2.45, 2.75) is 18.9 Å². The predicted molar refractivity (Wildman–Crippen MR) is 77.4 cm³/mol. The topological polar surface area (TPSA) is 38.1 Å². The first-order chi connectivity index (χ1) is 9.16. The monoisotopic (exact) mass is 319 g/mol. The Bertz CT molecular complexity index is 604. The van der Waals surface area contributed by atoms with Gasteiger partial charge >= 0.3 is 0 Å². The van der Waals surface area contributed by atoms with Gasteiger partial charge in [0.2, 0.25) is 0 Å². The van der Waals surface area contributed by atoms with Crippen LogP contribution in [-0.2, 0) is 0 Å². The smallest absolute Gasteiger partial charge is 0.275 e. The van der Waals surface area contributed by atoms with Crippen LogP contribution in [0.1, 0.15) is 29.4 Å². The molecule has 3 rings (SSSR count). The highest BCUT2D eigenvalue weighted by molar-refractivity contribution is 9.10. The molecule has 2 aromatic heterocycles. The quantitative estimate of drug-likeness (QED) is 0.871. The molecule has 1 saturated carbocycles. The summed E-state index contributed by atoms with van der Waals surface area (Å²) in [5, 5.41) is 0. The van der Waals surface area contributed by atoms with Crippen molar-refractivity contribution >= 4 is 27.7 Å². The van der Waals surface area contributed by atoms with Gasteiger partial charge in [0, 0.05) is 30.0 Å². The summed E-state index contributed by atoms with van der Waals surface area (Å²) in [6.07, 6.45) is 5.97. The molecule has 0 bridgehead atoms. The van der Waals surface area contributed by atoms with Crippen LogP contribution >= 0.6 is 15.9 Å². The van der Waals surface area contributed by atoms with E-state index in [1.54, 1.807) is 18.1 Å². The van der Waals surface area contributed by atoms with Gasteiger partial charge in [-0.3, -0.25) is 9.69 Å². The van der Waals surface area contributed by atoms with Gasteiger partial charge in [-0.15, -0.1) is 0 Å². The van der Waals surface area contributed by atoms with Gasteiger partial charge in [0.05, 0.1) is 0 Å². The third-order valence-corrected chi connectivity index (χ3v) is 3.71. The van der Waals surface area contributed by atoms with Crippen molar-refractivity contribution in [2.75, 3.05) is 11.9 Å². The molecule has 0 unspecified atom stereocenters. The van der Waals surface area contributed by atoms with Crippen molar-refractivity contribution < 1.29 is 4.79 Å². The summed E-state index contributed by atoms with van der Waals surface area (Å²) in [6, 6.07) is 7.90. The van der Waals surface area contributed by atoms with Crippen LogP contribution in [0.25, 0.3) is 0 Å². The van der Waals surface area contributed by atoms with Crippen LogP contribution in [-0.4, -0.2) is 22.5 Å². The minimum Gasteiger partial charge on any atom is -0.339 e. The Balaban J connectivity index is 1.91. The molecule has 5 heteroatoms. The Morgan fingerprint density at radius 3 is 2.89 bits per heavy atom. The highest BCUT2D eigenvalue weighted by Crippen LogP contribution is 2.37. The van der Waals surface area contributed by atoms with Gasteiger partial charge in [-0.1, -0.05) is 6.07 Å². The minimum atomic E-state index is -0.0312. The van der Waals surface area contributed by atoms with Crippen LogP contribution in [0.3, 0.4) is 0 Å². The molecule has 1 amide bonds. The molecular formula is C14H14BrN3O. The second-order valence-electron chi connectivity index (χ2n) is 4.73. The van der Waals surface area contributed by atoms with Crippen molar-refractivity contribution in [3.05, 3.63) is 46.8 Å². The van der Waals surface area contributed by atoms with Gasteiger partial charge < -0.3 is 4.57 Å². The second-order valence-corrected chi connectivity index (χ2v) is 5.65.